The van der Waals surface area contributed by atoms with Gasteiger partial charge in [-0.05, 0) is 47.5 Å². The second-order valence-electron chi connectivity index (χ2n) is 11.2. The molecule has 216 valence electrons. The standard InChI is InChI=1S/C41H25N3OS/c1-3-12-26(13-4-1)28-16-9-17-29(24-28)35-25-34(27-14-5-2-6-15-27)42-40(43-35)31-19-11-23-37-38(31)30-18-10-20-32(39(30)46-37)41-44-33-21-7-8-22-36(33)45-41/h1-25H. The Balaban J connectivity index is 1.25. The van der Waals surface area contributed by atoms with Crippen LogP contribution in [0.5, 0.6) is 0 Å². The van der Waals surface area contributed by atoms with E-state index in [1.54, 1.807) is 11.3 Å². The Bertz CT molecular complexity index is 2500. The first-order valence-electron chi connectivity index (χ1n) is 15.2. The van der Waals surface area contributed by atoms with Gasteiger partial charge in [-0.15, -0.1) is 11.3 Å². The summed E-state index contributed by atoms with van der Waals surface area (Å²) >= 11 is 1.75. The lowest BCUT2D eigenvalue weighted by atomic mass is 10.00. The van der Waals surface area contributed by atoms with Crippen molar-refractivity contribution in [2.75, 3.05) is 0 Å². The fraction of sp³-hybridized carbons (Fsp3) is 0. The normalized spacial score (nSPS) is 11.5. The van der Waals surface area contributed by atoms with Gasteiger partial charge >= 0.3 is 0 Å². The third-order valence-electron chi connectivity index (χ3n) is 8.35. The van der Waals surface area contributed by atoms with Crippen LogP contribution >= 0.6 is 11.3 Å². The summed E-state index contributed by atoms with van der Waals surface area (Å²) in [6.07, 6.45) is 0. The maximum atomic E-state index is 6.21. The van der Waals surface area contributed by atoms with Gasteiger partial charge in [0, 0.05) is 36.9 Å². The van der Waals surface area contributed by atoms with Crippen LogP contribution in [0.3, 0.4) is 0 Å². The van der Waals surface area contributed by atoms with Gasteiger partial charge in [-0.1, -0.05) is 115 Å². The summed E-state index contributed by atoms with van der Waals surface area (Å²) < 4.78 is 8.51. The molecular formula is C41H25N3OS. The van der Waals surface area contributed by atoms with Crippen molar-refractivity contribution in [3.8, 4) is 56.5 Å². The minimum absolute atomic E-state index is 0.628. The molecule has 3 heterocycles. The quantitative estimate of drug-likeness (QED) is 0.195. The first-order valence-corrected chi connectivity index (χ1v) is 16.0. The maximum Gasteiger partial charge on any atom is 0.228 e. The van der Waals surface area contributed by atoms with E-state index in [2.05, 4.69) is 103 Å². The number of hydrogen-bond acceptors (Lipinski definition) is 5. The number of para-hydroxylation sites is 2. The number of rotatable bonds is 5. The minimum Gasteiger partial charge on any atom is -0.436 e. The molecule has 0 radical (unpaired) electrons. The number of aromatic nitrogens is 3. The molecule has 0 fully saturated rings. The van der Waals surface area contributed by atoms with Gasteiger partial charge < -0.3 is 4.42 Å². The lowest BCUT2D eigenvalue weighted by Crippen LogP contribution is -1.96. The predicted octanol–water partition coefficient (Wildman–Crippen LogP) is 11.3. The predicted molar refractivity (Wildman–Crippen MR) is 190 cm³/mol. The molecule has 46 heavy (non-hydrogen) atoms. The van der Waals surface area contributed by atoms with Crippen LogP contribution in [-0.4, -0.2) is 15.0 Å². The van der Waals surface area contributed by atoms with Crippen LogP contribution in [0.25, 0.3) is 87.8 Å². The zero-order valence-corrected chi connectivity index (χ0v) is 25.4. The summed E-state index contributed by atoms with van der Waals surface area (Å²) in [6.45, 7) is 0. The average molecular weight is 608 g/mol. The molecule has 0 unspecified atom stereocenters. The Labute approximate surface area is 269 Å². The highest BCUT2D eigenvalue weighted by Crippen LogP contribution is 2.44. The largest absolute Gasteiger partial charge is 0.436 e. The molecule has 0 N–H and O–H groups in total. The van der Waals surface area contributed by atoms with Crippen molar-refractivity contribution in [2.45, 2.75) is 0 Å². The zero-order chi connectivity index (χ0) is 30.5. The second-order valence-corrected chi connectivity index (χ2v) is 12.3. The third kappa shape index (κ3) is 4.57. The van der Waals surface area contributed by atoms with Gasteiger partial charge in [0.15, 0.2) is 11.4 Å². The topological polar surface area (TPSA) is 51.8 Å². The molecule has 0 aliphatic heterocycles. The summed E-state index contributed by atoms with van der Waals surface area (Å²) in [4.78, 5) is 15.2. The number of fused-ring (bicyclic) bond motifs is 4. The van der Waals surface area contributed by atoms with E-state index >= 15 is 0 Å². The van der Waals surface area contributed by atoms with E-state index in [-0.39, 0.29) is 0 Å². The van der Waals surface area contributed by atoms with E-state index in [9.17, 15) is 0 Å². The highest BCUT2D eigenvalue weighted by molar-refractivity contribution is 7.26. The number of benzene rings is 6. The van der Waals surface area contributed by atoms with E-state index in [0.29, 0.717) is 11.7 Å². The molecule has 0 bridgehead atoms. The zero-order valence-electron chi connectivity index (χ0n) is 24.6. The molecule has 0 aliphatic rings. The van der Waals surface area contributed by atoms with Crippen LogP contribution in [0.2, 0.25) is 0 Å². The number of thiophene rings is 1. The van der Waals surface area contributed by atoms with E-state index in [1.165, 1.54) is 5.56 Å². The Morgan fingerprint density at radius 2 is 1.13 bits per heavy atom. The monoisotopic (exact) mass is 607 g/mol. The summed E-state index contributed by atoms with van der Waals surface area (Å²) in [5.74, 6) is 1.32. The molecule has 6 aromatic carbocycles. The van der Waals surface area contributed by atoms with Crippen LogP contribution in [0.15, 0.2) is 156 Å². The van der Waals surface area contributed by atoms with Gasteiger partial charge in [0.25, 0.3) is 0 Å². The smallest absolute Gasteiger partial charge is 0.228 e. The number of oxazole rings is 1. The molecule has 0 spiro atoms. The molecule has 3 aromatic heterocycles. The molecule has 9 rings (SSSR count). The highest BCUT2D eigenvalue weighted by atomic mass is 32.1. The van der Waals surface area contributed by atoms with Crippen molar-refractivity contribution in [1.82, 2.24) is 15.0 Å². The van der Waals surface area contributed by atoms with Crippen molar-refractivity contribution in [3.05, 3.63) is 152 Å². The molecular weight excluding hydrogens is 583 g/mol. The molecule has 4 nitrogen and oxygen atoms in total. The Morgan fingerprint density at radius 3 is 1.96 bits per heavy atom. The molecule has 0 atom stereocenters. The molecule has 9 aromatic rings. The van der Waals surface area contributed by atoms with Gasteiger partial charge in [0.05, 0.1) is 17.0 Å². The SMILES string of the molecule is c1ccc(-c2cccc(-c3cc(-c4ccccc4)nc(-c4cccc5sc6c(-c7nc8ccccc8o7)cccc6c45)n3)c2)cc1. The van der Waals surface area contributed by atoms with E-state index in [4.69, 9.17) is 19.4 Å². The molecule has 0 amide bonds. The average Bonchev–Trinajstić information content (AvgIpc) is 3.74. The second kappa shape index (κ2) is 10.9. The van der Waals surface area contributed by atoms with Crippen LogP contribution in [-0.2, 0) is 0 Å². The van der Waals surface area contributed by atoms with Crippen molar-refractivity contribution in [3.63, 3.8) is 0 Å². The molecule has 0 saturated carbocycles. The summed E-state index contributed by atoms with van der Waals surface area (Å²) in [5.41, 5.74) is 9.80. The van der Waals surface area contributed by atoms with E-state index in [0.717, 1.165) is 70.5 Å². The van der Waals surface area contributed by atoms with Gasteiger partial charge in [-0.2, -0.15) is 0 Å². The van der Waals surface area contributed by atoms with E-state index < -0.39 is 0 Å². The van der Waals surface area contributed by atoms with Crippen LogP contribution in [0.4, 0.5) is 0 Å². The fourth-order valence-electron chi connectivity index (χ4n) is 6.15. The van der Waals surface area contributed by atoms with Gasteiger partial charge in [0.1, 0.15) is 5.52 Å². The summed E-state index contributed by atoms with van der Waals surface area (Å²) in [7, 11) is 0. The minimum atomic E-state index is 0.628. The summed E-state index contributed by atoms with van der Waals surface area (Å²) in [6, 6.07) is 52.1. The maximum absolute atomic E-state index is 6.21. The van der Waals surface area contributed by atoms with E-state index in [1.807, 2.05) is 48.5 Å². The first-order chi connectivity index (χ1) is 22.8. The fourth-order valence-corrected chi connectivity index (χ4v) is 7.38. The Hall–Kier alpha value is -5.91. The first kappa shape index (κ1) is 26.5. The van der Waals surface area contributed by atoms with Gasteiger partial charge in [0.2, 0.25) is 5.89 Å². The lowest BCUT2D eigenvalue weighted by molar-refractivity contribution is 0.621. The van der Waals surface area contributed by atoms with Crippen molar-refractivity contribution in [1.29, 1.82) is 0 Å². The number of nitrogens with zero attached hydrogens (tertiary/aromatic N) is 3. The van der Waals surface area contributed by atoms with Gasteiger partial charge in [-0.25, -0.2) is 15.0 Å². The lowest BCUT2D eigenvalue weighted by Gasteiger charge is -2.11. The molecule has 0 saturated heterocycles. The van der Waals surface area contributed by atoms with Crippen LogP contribution in [0.1, 0.15) is 0 Å². The Kier molecular flexibility index (Phi) is 6.28. The Morgan fingerprint density at radius 1 is 0.478 bits per heavy atom. The van der Waals surface area contributed by atoms with Crippen LogP contribution in [0, 0.1) is 0 Å². The molecule has 0 aliphatic carbocycles. The molecule has 5 heteroatoms. The van der Waals surface area contributed by atoms with Crippen molar-refractivity contribution < 1.29 is 4.42 Å². The van der Waals surface area contributed by atoms with Crippen LogP contribution < -0.4 is 0 Å². The van der Waals surface area contributed by atoms with Gasteiger partial charge in [-0.3, -0.25) is 0 Å². The number of hydrogen-bond donors (Lipinski definition) is 0. The van der Waals surface area contributed by atoms with Crippen molar-refractivity contribution >= 4 is 42.6 Å². The van der Waals surface area contributed by atoms with Crippen molar-refractivity contribution in [2.24, 2.45) is 0 Å². The highest BCUT2D eigenvalue weighted by Gasteiger charge is 2.19. The third-order valence-corrected chi connectivity index (χ3v) is 9.55. The summed E-state index contributed by atoms with van der Waals surface area (Å²) in [5, 5.41) is 2.27.